The Morgan fingerprint density at radius 2 is 1.76 bits per heavy atom. The Hall–Kier alpha value is -1.34. The third-order valence-corrected chi connectivity index (χ3v) is 6.30. The molecule has 0 aliphatic rings. The van der Waals surface area contributed by atoms with Crippen molar-refractivity contribution in [2.75, 3.05) is 12.0 Å². The predicted octanol–water partition coefficient (Wildman–Crippen LogP) is 2.71. The molecule has 0 fully saturated rings. The topological polar surface area (TPSA) is 78.0 Å². The molecule has 0 saturated carbocycles. The van der Waals surface area contributed by atoms with E-state index < -0.39 is 14.6 Å². The van der Waals surface area contributed by atoms with Crippen molar-refractivity contribution in [1.29, 1.82) is 0 Å². The van der Waals surface area contributed by atoms with Crippen LogP contribution in [0.1, 0.15) is 19.5 Å². The van der Waals surface area contributed by atoms with Crippen molar-refractivity contribution < 1.29 is 8.42 Å². The zero-order chi connectivity index (χ0) is 16.0. The molecule has 21 heavy (non-hydrogen) atoms. The van der Waals surface area contributed by atoms with Crippen molar-refractivity contribution in [3.8, 4) is 11.1 Å². The monoisotopic (exact) mass is 371 g/mol. The predicted molar refractivity (Wildman–Crippen MR) is 88.6 cm³/mol. The highest BCUT2D eigenvalue weighted by atomic mass is 79.9. The fourth-order valence-electron chi connectivity index (χ4n) is 2.04. The largest absolute Gasteiger partial charge is 0.383 e. The Labute approximate surface area is 133 Å². The summed E-state index contributed by atoms with van der Waals surface area (Å²) in [4.78, 5) is 0. The van der Waals surface area contributed by atoms with Gasteiger partial charge in [-0.15, -0.1) is 0 Å². The van der Waals surface area contributed by atoms with Crippen LogP contribution in [0, 0.1) is 0 Å². The van der Waals surface area contributed by atoms with Crippen molar-refractivity contribution in [2.45, 2.75) is 18.6 Å². The van der Waals surface area contributed by atoms with Crippen LogP contribution < -0.4 is 5.73 Å². The first-order valence-corrected chi connectivity index (χ1v) is 9.02. The smallest absolute Gasteiger partial charge is 0.158 e. The van der Waals surface area contributed by atoms with Crippen molar-refractivity contribution in [1.82, 2.24) is 9.78 Å². The van der Waals surface area contributed by atoms with Gasteiger partial charge in [-0.3, -0.25) is 4.68 Å². The average molecular weight is 372 g/mol. The van der Waals surface area contributed by atoms with Gasteiger partial charge in [-0.05, 0) is 31.5 Å². The lowest BCUT2D eigenvalue weighted by Gasteiger charge is -2.21. The molecule has 0 atom stereocenters. The number of nitrogens with zero attached hydrogens (tertiary/aromatic N) is 2. The number of nitrogens with two attached hydrogens (primary N) is 1. The Morgan fingerprint density at radius 1 is 1.24 bits per heavy atom. The van der Waals surface area contributed by atoms with E-state index in [9.17, 15) is 8.42 Å². The van der Waals surface area contributed by atoms with Gasteiger partial charge < -0.3 is 5.73 Å². The maximum absolute atomic E-state index is 12.1. The number of halogens is 1. The van der Waals surface area contributed by atoms with E-state index in [1.54, 1.807) is 20.9 Å². The van der Waals surface area contributed by atoms with Gasteiger partial charge in [0.05, 0.1) is 5.69 Å². The summed E-state index contributed by atoms with van der Waals surface area (Å²) in [5.74, 6) is 0.448. The zero-order valence-electron chi connectivity index (χ0n) is 12.4. The van der Waals surface area contributed by atoms with E-state index in [0.717, 1.165) is 10.0 Å². The van der Waals surface area contributed by atoms with Crippen molar-refractivity contribution >= 4 is 31.6 Å². The average Bonchev–Trinajstić information content (AvgIpc) is 2.66. The first kappa shape index (κ1) is 16.0. The maximum atomic E-state index is 12.1. The van der Waals surface area contributed by atoms with E-state index >= 15 is 0 Å². The lowest BCUT2D eigenvalue weighted by Crippen LogP contribution is -2.29. The Morgan fingerprint density at radius 3 is 2.24 bits per heavy atom. The lowest BCUT2D eigenvalue weighted by atomic mass is 9.98. The molecule has 114 valence electrons. The van der Waals surface area contributed by atoms with Crippen LogP contribution in [0.3, 0.4) is 0 Å². The van der Waals surface area contributed by atoms with E-state index in [1.165, 1.54) is 10.9 Å². The SMILES string of the molecule is Cn1nc(C(C)(C)S(C)(=O)=O)c(-c2ccc(Br)cc2)c1N. The maximum Gasteiger partial charge on any atom is 0.158 e. The lowest BCUT2D eigenvalue weighted by molar-refractivity contribution is 0.553. The molecule has 2 rings (SSSR count). The molecule has 0 bridgehead atoms. The second kappa shape index (κ2) is 5.14. The van der Waals surface area contributed by atoms with E-state index in [2.05, 4.69) is 21.0 Å². The minimum atomic E-state index is -3.34. The van der Waals surface area contributed by atoms with Gasteiger partial charge in [0.2, 0.25) is 0 Å². The van der Waals surface area contributed by atoms with Gasteiger partial charge in [-0.1, -0.05) is 28.1 Å². The molecule has 0 radical (unpaired) electrons. The van der Waals surface area contributed by atoms with E-state index in [1.807, 2.05) is 24.3 Å². The van der Waals surface area contributed by atoms with Crippen LogP contribution in [0.5, 0.6) is 0 Å². The molecule has 1 aromatic heterocycles. The number of anilines is 1. The first-order chi connectivity index (χ1) is 9.55. The fourth-order valence-corrected chi connectivity index (χ4v) is 2.79. The second-order valence-corrected chi connectivity index (χ2v) is 9.00. The standard InChI is InChI=1S/C14H18BrN3O2S/c1-14(2,21(4,19)20)12-11(13(16)18(3)17-12)9-5-7-10(15)8-6-9/h5-8H,16H2,1-4H3. The van der Waals surface area contributed by atoms with Crippen LogP contribution in [-0.4, -0.2) is 24.5 Å². The summed E-state index contributed by atoms with van der Waals surface area (Å²) in [6.45, 7) is 3.29. The molecule has 7 heteroatoms. The molecule has 1 heterocycles. The molecule has 5 nitrogen and oxygen atoms in total. The minimum Gasteiger partial charge on any atom is -0.383 e. The highest BCUT2D eigenvalue weighted by Gasteiger charge is 2.38. The van der Waals surface area contributed by atoms with Crippen LogP contribution in [0.25, 0.3) is 11.1 Å². The molecule has 2 N–H and O–H groups in total. The van der Waals surface area contributed by atoms with Gasteiger partial charge >= 0.3 is 0 Å². The molecule has 0 spiro atoms. The summed E-state index contributed by atoms with van der Waals surface area (Å²) in [5.41, 5.74) is 8.08. The summed E-state index contributed by atoms with van der Waals surface area (Å²) in [5, 5.41) is 4.35. The van der Waals surface area contributed by atoms with Crippen LogP contribution in [0.2, 0.25) is 0 Å². The normalized spacial score (nSPS) is 12.6. The van der Waals surface area contributed by atoms with Gasteiger partial charge in [-0.25, -0.2) is 8.42 Å². The molecule has 0 amide bonds. The van der Waals surface area contributed by atoms with E-state index in [0.29, 0.717) is 17.1 Å². The van der Waals surface area contributed by atoms with Gasteiger partial charge in [0.15, 0.2) is 9.84 Å². The molecule has 0 aliphatic heterocycles. The summed E-state index contributed by atoms with van der Waals surface area (Å²) in [7, 11) is -1.63. The number of hydrogen-bond acceptors (Lipinski definition) is 4. The quantitative estimate of drug-likeness (QED) is 0.899. The van der Waals surface area contributed by atoms with Crippen molar-refractivity contribution in [3.63, 3.8) is 0 Å². The van der Waals surface area contributed by atoms with Crippen LogP contribution >= 0.6 is 15.9 Å². The molecule has 0 unspecified atom stereocenters. The molecular weight excluding hydrogens is 354 g/mol. The number of benzene rings is 1. The Bertz CT molecular complexity index is 777. The molecule has 2 aromatic rings. The van der Waals surface area contributed by atoms with Crippen LogP contribution in [0.15, 0.2) is 28.7 Å². The summed E-state index contributed by atoms with van der Waals surface area (Å²) < 4.78 is 25.6. The number of nitrogen functional groups attached to an aromatic ring is 1. The van der Waals surface area contributed by atoms with E-state index in [-0.39, 0.29) is 0 Å². The molecule has 1 aromatic carbocycles. The number of rotatable bonds is 3. The van der Waals surface area contributed by atoms with Gasteiger partial charge in [0.1, 0.15) is 10.6 Å². The number of hydrogen-bond donors (Lipinski definition) is 1. The van der Waals surface area contributed by atoms with Crippen LogP contribution in [0.4, 0.5) is 5.82 Å². The third kappa shape index (κ3) is 2.72. The van der Waals surface area contributed by atoms with Gasteiger partial charge in [0.25, 0.3) is 0 Å². The third-order valence-electron chi connectivity index (χ3n) is 3.72. The van der Waals surface area contributed by atoms with Gasteiger partial charge in [-0.2, -0.15) is 5.10 Å². The number of aromatic nitrogens is 2. The minimum absolute atomic E-state index is 0.448. The number of sulfone groups is 1. The molecule has 0 saturated heterocycles. The first-order valence-electron chi connectivity index (χ1n) is 6.34. The summed E-state index contributed by atoms with van der Waals surface area (Å²) in [6.07, 6.45) is 1.21. The van der Waals surface area contributed by atoms with Crippen molar-refractivity contribution in [2.24, 2.45) is 7.05 Å². The summed E-state index contributed by atoms with van der Waals surface area (Å²) >= 11 is 3.38. The van der Waals surface area contributed by atoms with E-state index in [4.69, 9.17) is 5.73 Å². The highest BCUT2D eigenvalue weighted by Crippen LogP contribution is 2.39. The highest BCUT2D eigenvalue weighted by molar-refractivity contribution is 9.10. The summed E-state index contributed by atoms with van der Waals surface area (Å²) in [6, 6.07) is 7.55. The van der Waals surface area contributed by atoms with Gasteiger partial charge in [0, 0.05) is 23.3 Å². The Balaban J connectivity index is 2.76. The van der Waals surface area contributed by atoms with Crippen molar-refractivity contribution in [3.05, 3.63) is 34.4 Å². The molecular formula is C14H18BrN3O2S. The Kier molecular flexibility index (Phi) is 3.92. The molecule has 0 aliphatic carbocycles. The number of aryl methyl sites for hydroxylation is 1. The fraction of sp³-hybridized carbons (Fsp3) is 0.357. The second-order valence-electron chi connectivity index (χ2n) is 5.52. The zero-order valence-corrected chi connectivity index (χ0v) is 14.8. The van der Waals surface area contributed by atoms with Crippen LogP contribution in [-0.2, 0) is 21.6 Å².